The molecule has 1 aliphatic rings. The summed E-state index contributed by atoms with van der Waals surface area (Å²) < 4.78 is 5.11. The Balaban J connectivity index is 1.85. The van der Waals surface area contributed by atoms with Crippen LogP contribution in [0, 0.1) is 5.41 Å². The summed E-state index contributed by atoms with van der Waals surface area (Å²) in [4.78, 5) is 8.15. The van der Waals surface area contributed by atoms with Gasteiger partial charge in [0.05, 0.1) is 0 Å². The van der Waals surface area contributed by atoms with E-state index in [1.807, 2.05) is 0 Å². The van der Waals surface area contributed by atoms with E-state index >= 15 is 0 Å². The van der Waals surface area contributed by atoms with Crippen molar-refractivity contribution in [1.82, 2.24) is 9.97 Å². The maximum atomic E-state index is 5.71. The summed E-state index contributed by atoms with van der Waals surface area (Å²) >= 11 is 0. The summed E-state index contributed by atoms with van der Waals surface area (Å²) in [6.07, 6.45) is 6.84. The highest BCUT2D eigenvalue weighted by molar-refractivity contribution is 5.55. The molecule has 0 radical (unpaired) electrons. The van der Waals surface area contributed by atoms with Gasteiger partial charge in [-0.1, -0.05) is 0 Å². The first kappa shape index (κ1) is 11.1. The van der Waals surface area contributed by atoms with Gasteiger partial charge in [-0.15, -0.1) is 0 Å². The molecule has 3 N–H and O–H groups in total. The molecule has 0 saturated heterocycles. The Morgan fingerprint density at radius 3 is 2.81 bits per heavy atom. The van der Waals surface area contributed by atoms with Gasteiger partial charge in [-0.25, -0.2) is 9.97 Å². The molecule has 1 heterocycles. The van der Waals surface area contributed by atoms with E-state index in [1.165, 1.54) is 12.8 Å². The fourth-order valence-corrected chi connectivity index (χ4v) is 1.77. The smallest absolute Gasteiger partial charge is 0.168 e. The lowest BCUT2D eigenvalue weighted by Crippen LogP contribution is -2.18. The Morgan fingerprint density at radius 1 is 1.44 bits per heavy atom. The Hall–Kier alpha value is -1.36. The van der Waals surface area contributed by atoms with E-state index in [2.05, 4.69) is 15.3 Å². The third kappa shape index (κ3) is 2.61. The number of hydrogen-bond acceptors (Lipinski definition) is 5. The Kier molecular flexibility index (Phi) is 3.24. The van der Waals surface area contributed by atoms with Gasteiger partial charge in [0, 0.05) is 32.7 Å². The second-order valence-corrected chi connectivity index (χ2v) is 4.39. The van der Waals surface area contributed by atoms with Crippen molar-refractivity contribution in [1.29, 1.82) is 0 Å². The molecule has 1 aromatic rings. The van der Waals surface area contributed by atoms with Crippen molar-refractivity contribution in [2.24, 2.45) is 5.41 Å². The zero-order chi connectivity index (χ0) is 11.4. The number of ether oxygens (including phenoxy) is 1. The molecule has 2 rings (SSSR count). The molecule has 88 valence electrons. The van der Waals surface area contributed by atoms with E-state index in [-0.39, 0.29) is 0 Å². The number of rotatable bonds is 6. The maximum Gasteiger partial charge on any atom is 0.168 e. The summed E-state index contributed by atoms with van der Waals surface area (Å²) in [7, 11) is 1.74. The molecule has 0 atom stereocenters. The lowest BCUT2D eigenvalue weighted by atomic mass is 10.0. The highest BCUT2D eigenvalue weighted by atomic mass is 16.5. The van der Waals surface area contributed by atoms with E-state index in [4.69, 9.17) is 10.5 Å². The summed E-state index contributed by atoms with van der Waals surface area (Å²) in [6, 6.07) is 0. The number of methoxy groups -OCH3 is 1. The minimum atomic E-state index is 0.389. The first-order valence-corrected chi connectivity index (χ1v) is 5.55. The summed E-state index contributed by atoms with van der Waals surface area (Å²) in [5.41, 5.74) is 6.10. The quantitative estimate of drug-likeness (QED) is 0.758. The van der Waals surface area contributed by atoms with E-state index < -0.39 is 0 Å². The van der Waals surface area contributed by atoms with Gasteiger partial charge in [0.1, 0.15) is 0 Å². The number of hydrogen-bond donors (Lipinski definition) is 2. The number of nitrogen functional groups attached to an aromatic ring is 1. The summed E-state index contributed by atoms with van der Waals surface area (Å²) in [5.74, 6) is 1.15. The minimum Gasteiger partial charge on any atom is -0.385 e. The van der Waals surface area contributed by atoms with Crippen LogP contribution in [0.15, 0.2) is 12.4 Å². The van der Waals surface area contributed by atoms with Crippen LogP contribution in [0.4, 0.5) is 11.6 Å². The van der Waals surface area contributed by atoms with Crippen molar-refractivity contribution < 1.29 is 4.74 Å². The van der Waals surface area contributed by atoms with Crippen LogP contribution in [-0.2, 0) is 4.74 Å². The molecule has 0 unspecified atom stereocenters. The first-order valence-electron chi connectivity index (χ1n) is 5.55. The van der Waals surface area contributed by atoms with Gasteiger partial charge >= 0.3 is 0 Å². The van der Waals surface area contributed by atoms with Crippen LogP contribution in [0.2, 0.25) is 0 Å². The third-order valence-electron chi connectivity index (χ3n) is 3.15. The Bertz CT molecular complexity index is 352. The second kappa shape index (κ2) is 4.65. The van der Waals surface area contributed by atoms with E-state index in [0.29, 0.717) is 17.1 Å². The number of anilines is 2. The average Bonchev–Trinajstić information content (AvgIpc) is 3.06. The predicted octanol–water partition coefficient (Wildman–Crippen LogP) is 1.29. The van der Waals surface area contributed by atoms with Crippen molar-refractivity contribution in [3.8, 4) is 0 Å². The van der Waals surface area contributed by atoms with Crippen LogP contribution in [0.3, 0.4) is 0 Å². The number of nitrogens with one attached hydrogen (secondary N) is 1. The minimum absolute atomic E-state index is 0.389. The van der Waals surface area contributed by atoms with Crippen molar-refractivity contribution >= 4 is 11.6 Å². The topological polar surface area (TPSA) is 73.1 Å². The molecule has 5 heteroatoms. The molecule has 1 aliphatic carbocycles. The molecule has 0 spiro atoms. The second-order valence-electron chi connectivity index (χ2n) is 4.39. The number of nitrogens with two attached hydrogens (primary N) is 1. The molecular weight excluding hydrogens is 204 g/mol. The number of nitrogens with zero attached hydrogens (tertiary/aromatic N) is 2. The van der Waals surface area contributed by atoms with E-state index in [1.54, 1.807) is 19.5 Å². The molecule has 0 bridgehead atoms. The molecular formula is C11H18N4O. The van der Waals surface area contributed by atoms with Gasteiger partial charge in [0.25, 0.3) is 0 Å². The first-order chi connectivity index (χ1) is 7.76. The van der Waals surface area contributed by atoms with Crippen LogP contribution in [0.1, 0.15) is 19.3 Å². The SMILES string of the molecule is COCCC1(CNc2nccnc2N)CC1. The van der Waals surface area contributed by atoms with Gasteiger partial charge in [-0.3, -0.25) is 0 Å². The fraction of sp³-hybridized carbons (Fsp3) is 0.636. The van der Waals surface area contributed by atoms with Crippen LogP contribution >= 0.6 is 0 Å². The highest BCUT2D eigenvalue weighted by Gasteiger charge is 2.41. The van der Waals surface area contributed by atoms with E-state index in [0.717, 1.165) is 19.6 Å². The zero-order valence-electron chi connectivity index (χ0n) is 9.57. The lowest BCUT2D eigenvalue weighted by molar-refractivity contribution is 0.175. The normalized spacial score (nSPS) is 17.1. The third-order valence-corrected chi connectivity index (χ3v) is 3.15. The van der Waals surface area contributed by atoms with Crippen molar-refractivity contribution in [3.63, 3.8) is 0 Å². The average molecular weight is 222 g/mol. The fourth-order valence-electron chi connectivity index (χ4n) is 1.77. The van der Waals surface area contributed by atoms with Gasteiger partial charge in [-0.05, 0) is 24.7 Å². The predicted molar refractivity (Wildman–Crippen MR) is 63.1 cm³/mol. The number of aromatic nitrogens is 2. The molecule has 0 amide bonds. The monoisotopic (exact) mass is 222 g/mol. The van der Waals surface area contributed by atoms with Gasteiger partial charge < -0.3 is 15.8 Å². The van der Waals surface area contributed by atoms with Gasteiger partial charge in [-0.2, -0.15) is 0 Å². The van der Waals surface area contributed by atoms with Crippen LogP contribution in [0.5, 0.6) is 0 Å². The molecule has 5 nitrogen and oxygen atoms in total. The summed E-state index contributed by atoms with van der Waals surface area (Å²) in [5, 5.41) is 3.27. The van der Waals surface area contributed by atoms with Crippen LogP contribution in [0.25, 0.3) is 0 Å². The Morgan fingerprint density at radius 2 is 2.19 bits per heavy atom. The van der Waals surface area contributed by atoms with Crippen molar-refractivity contribution in [2.75, 3.05) is 31.3 Å². The largest absolute Gasteiger partial charge is 0.385 e. The van der Waals surface area contributed by atoms with E-state index in [9.17, 15) is 0 Å². The van der Waals surface area contributed by atoms with Crippen molar-refractivity contribution in [3.05, 3.63) is 12.4 Å². The highest BCUT2D eigenvalue weighted by Crippen LogP contribution is 2.48. The molecule has 0 aromatic carbocycles. The Labute approximate surface area is 95.4 Å². The van der Waals surface area contributed by atoms with Gasteiger partial charge in [0.2, 0.25) is 0 Å². The molecule has 1 fully saturated rings. The van der Waals surface area contributed by atoms with Gasteiger partial charge in [0.15, 0.2) is 11.6 Å². The molecule has 1 saturated carbocycles. The zero-order valence-corrected chi connectivity index (χ0v) is 9.57. The van der Waals surface area contributed by atoms with Crippen LogP contribution in [-0.4, -0.2) is 30.2 Å². The molecule has 0 aliphatic heterocycles. The summed E-state index contributed by atoms with van der Waals surface area (Å²) in [6.45, 7) is 1.72. The molecule has 16 heavy (non-hydrogen) atoms. The lowest BCUT2D eigenvalue weighted by Gasteiger charge is -2.16. The standard InChI is InChI=1S/C11H18N4O/c1-16-7-4-11(2-3-11)8-15-10-9(12)13-5-6-14-10/h5-6H,2-4,7-8H2,1H3,(H2,12,13)(H,14,15). The van der Waals surface area contributed by atoms with Crippen LogP contribution < -0.4 is 11.1 Å². The molecule has 1 aromatic heterocycles. The van der Waals surface area contributed by atoms with Crippen molar-refractivity contribution in [2.45, 2.75) is 19.3 Å². The maximum absolute atomic E-state index is 5.71.